The Morgan fingerprint density at radius 2 is 2.00 bits per heavy atom. The van der Waals surface area contributed by atoms with Gasteiger partial charge in [-0.25, -0.2) is 0 Å². The molecule has 0 bridgehead atoms. The van der Waals surface area contributed by atoms with Gasteiger partial charge in [0.25, 0.3) is 0 Å². The summed E-state index contributed by atoms with van der Waals surface area (Å²) in [4.78, 5) is 0. The first-order chi connectivity index (χ1) is 6.73. The smallest absolute Gasteiger partial charge is 0.00720 e. The lowest BCUT2D eigenvalue weighted by molar-refractivity contribution is 0.260. The number of hydrogen-bond acceptors (Lipinski definition) is 1. The molecule has 1 heteroatoms. The quantitative estimate of drug-likeness (QED) is 0.760. The van der Waals surface area contributed by atoms with E-state index < -0.39 is 0 Å². The van der Waals surface area contributed by atoms with Crippen LogP contribution >= 0.6 is 0 Å². The monoisotopic (exact) mass is 189 g/mol. The minimum atomic E-state index is 0.448. The molecular formula is C13H19N. The van der Waals surface area contributed by atoms with E-state index in [1.165, 1.54) is 24.8 Å². The van der Waals surface area contributed by atoms with Crippen molar-refractivity contribution in [1.29, 1.82) is 0 Å². The van der Waals surface area contributed by atoms with Crippen molar-refractivity contribution in [2.75, 3.05) is 6.54 Å². The third-order valence-corrected chi connectivity index (χ3v) is 3.48. The van der Waals surface area contributed by atoms with Gasteiger partial charge in [0, 0.05) is 0 Å². The molecule has 0 heterocycles. The molecule has 0 fully saturated rings. The van der Waals surface area contributed by atoms with E-state index in [1.54, 1.807) is 5.56 Å². The largest absolute Gasteiger partial charge is 0.330 e. The van der Waals surface area contributed by atoms with E-state index in [-0.39, 0.29) is 0 Å². The van der Waals surface area contributed by atoms with Crippen LogP contribution in [0.4, 0.5) is 0 Å². The Labute approximate surface area is 86.3 Å². The number of nitrogens with two attached hydrogens (primary N) is 1. The number of rotatable bonds is 2. The average molecular weight is 189 g/mol. The maximum atomic E-state index is 5.66. The molecule has 1 aliphatic carbocycles. The van der Waals surface area contributed by atoms with Crippen LogP contribution in [-0.2, 0) is 12.8 Å². The molecule has 0 saturated carbocycles. The number of fused-ring (bicyclic) bond motifs is 1. The lowest BCUT2D eigenvalue weighted by Crippen LogP contribution is -2.28. The predicted octanol–water partition coefficient (Wildman–Crippen LogP) is 2.53. The molecule has 0 aliphatic heterocycles. The van der Waals surface area contributed by atoms with Crippen LogP contribution < -0.4 is 5.73 Å². The molecule has 1 aliphatic rings. The second kappa shape index (κ2) is 3.74. The molecule has 2 rings (SSSR count). The number of benzene rings is 1. The minimum absolute atomic E-state index is 0.448. The highest BCUT2D eigenvalue weighted by atomic mass is 14.5. The Balaban J connectivity index is 2.20. The third-order valence-electron chi connectivity index (χ3n) is 3.48. The van der Waals surface area contributed by atoms with E-state index in [9.17, 15) is 0 Å². The Kier molecular flexibility index (Phi) is 2.60. The van der Waals surface area contributed by atoms with Gasteiger partial charge in [-0.2, -0.15) is 0 Å². The van der Waals surface area contributed by atoms with Crippen molar-refractivity contribution in [1.82, 2.24) is 0 Å². The van der Waals surface area contributed by atoms with Gasteiger partial charge in [0.1, 0.15) is 0 Å². The van der Waals surface area contributed by atoms with Gasteiger partial charge < -0.3 is 5.73 Å². The fourth-order valence-corrected chi connectivity index (χ4v) is 2.52. The molecule has 1 aromatic rings. The highest BCUT2D eigenvalue weighted by Crippen LogP contribution is 2.37. The molecule has 1 atom stereocenters. The summed E-state index contributed by atoms with van der Waals surface area (Å²) in [6.45, 7) is 3.19. The van der Waals surface area contributed by atoms with Crippen LogP contribution in [0.1, 0.15) is 30.9 Å². The van der Waals surface area contributed by atoms with Crippen molar-refractivity contribution in [2.45, 2.75) is 32.6 Å². The summed E-state index contributed by atoms with van der Waals surface area (Å²) in [5.74, 6) is 0. The second-order valence-electron chi connectivity index (χ2n) is 4.79. The van der Waals surface area contributed by atoms with Crippen molar-refractivity contribution in [3.05, 3.63) is 35.4 Å². The molecule has 0 radical (unpaired) electrons. The summed E-state index contributed by atoms with van der Waals surface area (Å²) in [6.07, 6.45) is 4.88. The summed E-state index contributed by atoms with van der Waals surface area (Å²) < 4.78 is 0. The van der Waals surface area contributed by atoms with Crippen LogP contribution in [0.2, 0.25) is 0 Å². The normalized spacial score (nSPS) is 25.9. The van der Waals surface area contributed by atoms with Crippen LogP contribution in [-0.4, -0.2) is 6.54 Å². The van der Waals surface area contributed by atoms with Crippen molar-refractivity contribution in [3.8, 4) is 0 Å². The fraction of sp³-hybridized carbons (Fsp3) is 0.538. The molecule has 0 saturated heterocycles. The molecule has 2 N–H and O–H groups in total. The zero-order chi connectivity index (χ0) is 10.0. The van der Waals surface area contributed by atoms with Crippen molar-refractivity contribution in [3.63, 3.8) is 0 Å². The van der Waals surface area contributed by atoms with Gasteiger partial charge in [-0.05, 0) is 48.8 Å². The van der Waals surface area contributed by atoms with E-state index in [4.69, 9.17) is 5.73 Å². The Hall–Kier alpha value is -0.820. The topological polar surface area (TPSA) is 26.0 Å². The van der Waals surface area contributed by atoms with E-state index in [1.807, 2.05) is 0 Å². The molecule has 0 aromatic heterocycles. The zero-order valence-corrected chi connectivity index (χ0v) is 8.92. The van der Waals surface area contributed by atoms with Crippen LogP contribution in [0.3, 0.4) is 0 Å². The zero-order valence-electron chi connectivity index (χ0n) is 8.92. The van der Waals surface area contributed by atoms with Crippen LogP contribution in [0.15, 0.2) is 24.3 Å². The van der Waals surface area contributed by atoms with E-state index in [2.05, 4.69) is 31.2 Å². The highest BCUT2D eigenvalue weighted by Gasteiger charge is 2.28. The summed E-state index contributed by atoms with van der Waals surface area (Å²) in [5, 5.41) is 0. The molecule has 0 spiro atoms. The highest BCUT2D eigenvalue weighted by molar-refractivity contribution is 5.30. The summed E-state index contributed by atoms with van der Waals surface area (Å²) in [7, 11) is 0. The van der Waals surface area contributed by atoms with Gasteiger partial charge in [0.15, 0.2) is 0 Å². The SMILES string of the molecule is CC1(CCN)CCc2ccccc2C1. The summed E-state index contributed by atoms with van der Waals surface area (Å²) >= 11 is 0. The average Bonchev–Trinajstić information content (AvgIpc) is 2.17. The van der Waals surface area contributed by atoms with Crippen molar-refractivity contribution >= 4 is 0 Å². The van der Waals surface area contributed by atoms with Gasteiger partial charge in [0.05, 0.1) is 0 Å². The van der Waals surface area contributed by atoms with Gasteiger partial charge >= 0.3 is 0 Å². The molecule has 1 nitrogen and oxygen atoms in total. The van der Waals surface area contributed by atoms with Crippen LogP contribution in [0, 0.1) is 5.41 Å². The third kappa shape index (κ3) is 1.83. The maximum absolute atomic E-state index is 5.66. The van der Waals surface area contributed by atoms with Crippen LogP contribution in [0.5, 0.6) is 0 Å². The van der Waals surface area contributed by atoms with Crippen LogP contribution in [0.25, 0.3) is 0 Å². The second-order valence-corrected chi connectivity index (χ2v) is 4.79. The van der Waals surface area contributed by atoms with Gasteiger partial charge in [0.2, 0.25) is 0 Å². The standard InChI is InChI=1S/C13H19N/c1-13(8-9-14)7-6-11-4-2-3-5-12(11)10-13/h2-5H,6-10,14H2,1H3. The van der Waals surface area contributed by atoms with Crippen molar-refractivity contribution in [2.24, 2.45) is 11.1 Å². The lowest BCUT2D eigenvalue weighted by atomic mass is 9.71. The van der Waals surface area contributed by atoms with E-state index in [0.717, 1.165) is 13.0 Å². The van der Waals surface area contributed by atoms with Gasteiger partial charge in [-0.15, -0.1) is 0 Å². The number of hydrogen-bond donors (Lipinski definition) is 1. The lowest BCUT2D eigenvalue weighted by Gasteiger charge is -2.34. The molecular weight excluding hydrogens is 170 g/mol. The summed E-state index contributed by atoms with van der Waals surface area (Å²) in [6, 6.07) is 8.82. The Morgan fingerprint density at radius 3 is 2.71 bits per heavy atom. The molecule has 1 unspecified atom stereocenters. The minimum Gasteiger partial charge on any atom is -0.330 e. The van der Waals surface area contributed by atoms with E-state index in [0.29, 0.717) is 5.41 Å². The molecule has 0 amide bonds. The van der Waals surface area contributed by atoms with Gasteiger partial charge in [-0.1, -0.05) is 31.2 Å². The molecule has 14 heavy (non-hydrogen) atoms. The first kappa shape index (κ1) is 9.72. The Morgan fingerprint density at radius 1 is 1.29 bits per heavy atom. The maximum Gasteiger partial charge on any atom is -0.00720 e. The Bertz CT molecular complexity index is 319. The predicted molar refractivity (Wildman–Crippen MR) is 60.2 cm³/mol. The molecule has 1 aromatic carbocycles. The first-order valence-corrected chi connectivity index (χ1v) is 5.50. The summed E-state index contributed by atoms with van der Waals surface area (Å²) in [5.41, 5.74) is 9.19. The fourth-order valence-electron chi connectivity index (χ4n) is 2.52. The van der Waals surface area contributed by atoms with Crippen molar-refractivity contribution < 1.29 is 0 Å². The van der Waals surface area contributed by atoms with E-state index >= 15 is 0 Å². The van der Waals surface area contributed by atoms with Gasteiger partial charge in [-0.3, -0.25) is 0 Å². The first-order valence-electron chi connectivity index (χ1n) is 5.50. The number of aryl methyl sites for hydroxylation is 1. The molecule has 76 valence electrons.